The molecule has 0 aliphatic heterocycles. The maximum atomic E-state index is 10.7. The van der Waals surface area contributed by atoms with Crippen molar-refractivity contribution in [2.24, 2.45) is 0 Å². The molecule has 0 radical (unpaired) electrons. The number of carboxylic acid groups (broad SMARTS) is 1. The van der Waals surface area contributed by atoms with Crippen LogP contribution in [0.1, 0.15) is 26.7 Å². The van der Waals surface area contributed by atoms with E-state index < -0.39 is 5.97 Å². The van der Waals surface area contributed by atoms with Gasteiger partial charge in [0.2, 0.25) is 0 Å². The van der Waals surface area contributed by atoms with E-state index in [4.69, 9.17) is 9.84 Å². The van der Waals surface area contributed by atoms with Gasteiger partial charge in [0.05, 0.1) is 12.4 Å². The van der Waals surface area contributed by atoms with Gasteiger partial charge >= 0.3 is 5.97 Å². The van der Waals surface area contributed by atoms with Gasteiger partial charge < -0.3 is 9.84 Å². The van der Waals surface area contributed by atoms with Gasteiger partial charge in [-0.05, 0) is 18.9 Å². The van der Waals surface area contributed by atoms with E-state index in [1.807, 2.05) is 6.20 Å². The molecule has 1 N–H and O–H groups in total. The first-order valence-electron chi connectivity index (χ1n) is 5.75. The zero-order chi connectivity index (χ0) is 12.7. The molecule has 0 amide bonds. The molecule has 0 unspecified atom stereocenters. The fraction of sp³-hybridized carbons (Fsp3) is 0.500. The number of aromatic nitrogens is 2. The fourth-order valence-electron chi connectivity index (χ4n) is 1.39. The molecule has 0 saturated carbocycles. The Labute approximate surface area is 101 Å². The third-order valence-corrected chi connectivity index (χ3v) is 2.30. The predicted octanol–water partition coefficient (Wildman–Crippen LogP) is 2.09. The van der Waals surface area contributed by atoms with Crippen molar-refractivity contribution in [3.05, 3.63) is 24.0 Å². The van der Waals surface area contributed by atoms with Crippen LogP contribution in [-0.4, -0.2) is 27.5 Å². The normalized spacial score (nSPS) is 11.5. The number of ether oxygens (including phenoxy) is 1. The van der Waals surface area contributed by atoms with E-state index >= 15 is 0 Å². The van der Waals surface area contributed by atoms with Crippen molar-refractivity contribution in [3.8, 4) is 5.75 Å². The average Bonchev–Trinajstić information content (AvgIpc) is 2.72. The van der Waals surface area contributed by atoms with E-state index in [1.54, 1.807) is 23.9 Å². The van der Waals surface area contributed by atoms with Gasteiger partial charge in [-0.1, -0.05) is 13.8 Å². The van der Waals surface area contributed by atoms with E-state index in [2.05, 4.69) is 12.0 Å². The number of nitrogens with zero attached hydrogens (tertiary/aromatic N) is 2. The molecule has 5 heteroatoms. The Bertz CT molecular complexity index is 396. The largest absolute Gasteiger partial charge is 0.486 e. The van der Waals surface area contributed by atoms with Gasteiger partial charge in [0.15, 0.2) is 5.75 Å². The molecule has 0 aliphatic rings. The third kappa shape index (κ3) is 4.30. The second-order valence-corrected chi connectivity index (χ2v) is 3.64. The SMILES string of the molecule is CCCn1cc(OC/C=C(/CC)C(=O)O)cn1. The van der Waals surface area contributed by atoms with Crippen molar-refractivity contribution in [1.82, 2.24) is 9.78 Å². The zero-order valence-electron chi connectivity index (χ0n) is 10.2. The van der Waals surface area contributed by atoms with E-state index in [1.165, 1.54) is 0 Å². The fourth-order valence-corrected chi connectivity index (χ4v) is 1.39. The molecule has 0 aliphatic carbocycles. The quantitative estimate of drug-likeness (QED) is 0.739. The number of aliphatic carboxylic acids is 1. The second-order valence-electron chi connectivity index (χ2n) is 3.64. The molecule has 1 heterocycles. The Balaban J connectivity index is 2.46. The molecule has 94 valence electrons. The topological polar surface area (TPSA) is 64.3 Å². The Kier molecular flexibility index (Phi) is 5.26. The van der Waals surface area contributed by atoms with Crippen LogP contribution in [-0.2, 0) is 11.3 Å². The summed E-state index contributed by atoms with van der Waals surface area (Å²) in [5, 5.41) is 12.9. The number of aryl methyl sites for hydroxylation is 1. The minimum Gasteiger partial charge on any atom is -0.486 e. The highest BCUT2D eigenvalue weighted by Crippen LogP contribution is 2.09. The molecule has 0 bridgehead atoms. The molecule has 0 spiro atoms. The number of hydrogen-bond acceptors (Lipinski definition) is 3. The van der Waals surface area contributed by atoms with Crippen molar-refractivity contribution < 1.29 is 14.6 Å². The monoisotopic (exact) mass is 238 g/mol. The average molecular weight is 238 g/mol. The lowest BCUT2D eigenvalue weighted by molar-refractivity contribution is -0.132. The first-order valence-corrected chi connectivity index (χ1v) is 5.75. The summed E-state index contributed by atoms with van der Waals surface area (Å²) in [6.07, 6.45) is 6.53. The Morgan fingerprint density at radius 2 is 2.35 bits per heavy atom. The molecule has 1 aromatic heterocycles. The number of carboxylic acids is 1. The highest BCUT2D eigenvalue weighted by molar-refractivity contribution is 5.86. The standard InChI is InChI=1S/C12H18N2O3/c1-3-6-14-9-11(8-13-14)17-7-5-10(4-2)12(15)16/h5,8-9H,3-4,6-7H2,1-2H3,(H,15,16)/b10-5-. The molecule has 1 rings (SSSR count). The van der Waals surface area contributed by atoms with Gasteiger partial charge in [0, 0.05) is 12.1 Å². The summed E-state index contributed by atoms with van der Waals surface area (Å²) < 4.78 is 7.19. The van der Waals surface area contributed by atoms with E-state index in [-0.39, 0.29) is 6.61 Å². The first kappa shape index (κ1) is 13.3. The zero-order valence-corrected chi connectivity index (χ0v) is 10.2. The van der Waals surface area contributed by atoms with Crippen LogP contribution in [0.3, 0.4) is 0 Å². The highest BCUT2D eigenvalue weighted by Gasteiger charge is 2.03. The summed E-state index contributed by atoms with van der Waals surface area (Å²) in [5.74, 6) is -0.228. The minimum absolute atomic E-state index is 0.257. The van der Waals surface area contributed by atoms with Crippen LogP contribution in [0.5, 0.6) is 5.75 Å². The van der Waals surface area contributed by atoms with Gasteiger partial charge in [0.1, 0.15) is 6.61 Å². The summed E-state index contributed by atoms with van der Waals surface area (Å²) in [6, 6.07) is 0. The molecule has 0 atom stereocenters. The van der Waals surface area contributed by atoms with E-state index in [0.29, 0.717) is 17.7 Å². The lowest BCUT2D eigenvalue weighted by Gasteiger charge is -2.00. The first-order chi connectivity index (χ1) is 8.17. The van der Waals surface area contributed by atoms with Crippen LogP contribution in [0, 0.1) is 0 Å². The number of carbonyl (C=O) groups is 1. The lowest BCUT2D eigenvalue weighted by Crippen LogP contribution is -2.02. The molecule has 1 aromatic rings. The van der Waals surface area contributed by atoms with Gasteiger partial charge in [-0.15, -0.1) is 0 Å². The van der Waals surface area contributed by atoms with Gasteiger partial charge in [-0.2, -0.15) is 5.10 Å². The van der Waals surface area contributed by atoms with Gasteiger partial charge in [0.25, 0.3) is 0 Å². The Morgan fingerprint density at radius 3 is 2.94 bits per heavy atom. The molecular formula is C12H18N2O3. The van der Waals surface area contributed by atoms with Crippen molar-refractivity contribution in [1.29, 1.82) is 0 Å². The maximum absolute atomic E-state index is 10.7. The highest BCUT2D eigenvalue weighted by atomic mass is 16.5. The second kappa shape index (κ2) is 6.73. The molecular weight excluding hydrogens is 220 g/mol. The Morgan fingerprint density at radius 1 is 1.59 bits per heavy atom. The van der Waals surface area contributed by atoms with E-state index in [9.17, 15) is 4.79 Å². The van der Waals surface area contributed by atoms with Crippen LogP contribution < -0.4 is 4.74 Å². The van der Waals surface area contributed by atoms with Gasteiger partial charge in [-0.3, -0.25) is 4.68 Å². The van der Waals surface area contributed by atoms with Crippen molar-refractivity contribution >= 4 is 5.97 Å². The van der Waals surface area contributed by atoms with E-state index in [0.717, 1.165) is 13.0 Å². The van der Waals surface area contributed by atoms with Crippen molar-refractivity contribution in [3.63, 3.8) is 0 Å². The maximum Gasteiger partial charge on any atom is 0.331 e. The minimum atomic E-state index is -0.891. The summed E-state index contributed by atoms with van der Waals surface area (Å²) in [4.78, 5) is 10.7. The predicted molar refractivity (Wildman–Crippen MR) is 64.0 cm³/mol. The summed E-state index contributed by atoms with van der Waals surface area (Å²) >= 11 is 0. The van der Waals surface area contributed by atoms with Crippen molar-refractivity contribution in [2.45, 2.75) is 33.2 Å². The number of rotatable bonds is 7. The van der Waals surface area contributed by atoms with Crippen molar-refractivity contribution in [2.75, 3.05) is 6.61 Å². The summed E-state index contributed by atoms with van der Waals surface area (Å²) in [7, 11) is 0. The molecule has 0 aromatic carbocycles. The van der Waals surface area contributed by atoms with Gasteiger partial charge in [-0.25, -0.2) is 4.79 Å². The lowest BCUT2D eigenvalue weighted by atomic mass is 10.2. The molecule has 17 heavy (non-hydrogen) atoms. The van der Waals surface area contributed by atoms with Crippen LogP contribution in [0.4, 0.5) is 0 Å². The van der Waals surface area contributed by atoms with Crippen LogP contribution in [0.15, 0.2) is 24.0 Å². The Hall–Kier alpha value is -1.78. The van der Waals surface area contributed by atoms with Crippen LogP contribution in [0.2, 0.25) is 0 Å². The number of hydrogen-bond donors (Lipinski definition) is 1. The molecule has 0 fully saturated rings. The third-order valence-electron chi connectivity index (χ3n) is 2.30. The summed E-state index contributed by atoms with van der Waals surface area (Å²) in [5.41, 5.74) is 0.367. The summed E-state index contributed by atoms with van der Waals surface area (Å²) in [6.45, 7) is 4.99. The molecule has 5 nitrogen and oxygen atoms in total. The van der Waals surface area contributed by atoms with Crippen LogP contribution >= 0.6 is 0 Å². The molecule has 0 saturated heterocycles. The smallest absolute Gasteiger partial charge is 0.331 e. The van der Waals surface area contributed by atoms with Crippen LogP contribution in [0.25, 0.3) is 0 Å².